The van der Waals surface area contributed by atoms with Crippen LogP contribution >= 0.6 is 0 Å². The lowest BCUT2D eigenvalue weighted by atomic mass is 10.1. The van der Waals surface area contributed by atoms with Crippen molar-refractivity contribution in [3.05, 3.63) is 22.5 Å². The number of nitrogens with zero attached hydrogens (tertiary/aromatic N) is 1. The van der Waals surface area contributed by atoms with Gasteiger partial charge in [-0.2, -0.15) is 0 Å². The van der Waals surface area contributed by atoms with Gasteiger partial charge in [0.15, 0.2) is 6.10 Å². The molecule has 1 fully saturated rings. The SMILES string of the molecule is CCOC(=O)c1c(C)[nH]c(C(=O)[C@@H](C)OC(=O)CN2CCCCCC2=O)c1C. The van der Waals surface area contributed by atoms with Crippen LogP contribution in [0, 0.1) is 13.8 Å². The summed E-state index contributed by atoms with van der Waals surface area (Å²) in [6, 6.07) is 0. The van der Waals surface area contributed by atoms with Crippen LogP contribution in [0.25, 0.3) is 0 Å². The number of rotatable bonds is 7. The Bertz CT molecular complexity index is 767. The molecule has 1 saturated heterocycles. The van der Waals surface area contributed by atoms with Crippen LogP contribution in [0.4, 0.5) is 0 Å². The van der Waals surface area contributed by atoms with Crippen molar-refractivity contribution in [2.24, 2.45) is 0 Å². The maximum atomic E-state index is 12.7. The molecule has 0 bridgehead atoms. The Labute approximate surface area is 164 Å². The zero-order valence-electron chi connectivity index (χ0n) is 16.9. The van der Waals surface area contributed by atoms with Gasteiger partial charge in [-0.15, -0.1) is 0 Å². The van der Waals surface area contributed by atoms with Crippen molar-refractivity contribution in [3.63, 3.8) is 0 Å². The van der Waals surface area contributed by atoms with Crippen molar-refractivity contribution in [3.8, 4) is 0 Å². The first-order valence-corrected chi connectivity index (χ1v) is 9.64. The standard InChI is InChI=1S/C20H28N2O6/c1-5-27-20(26)17-12(2)18(21-13(17)3)19(25)14(4)28-16(24)11-22-10-8-6-7-9-15(22)23/h14,21H,5-11H2,1-4H3/t14-/m1/s1. The lowest BCUT2D eigenvalue weighted by Crippen LogP contribution is -2.38. The van der Waals surface area contributed by atoms with Gasteiger partial charge in [-0.05, 0) is 46.1 Å². The average molecular weight is 392 g/mol. The molecule has 8 nitrogen and oxygen atoms in total. The van der Waals surface area contributed by atoms with Crippen molar-refractivity contribution in [2.75, 3.05) is 19.7 Å². The van der Waals surface area contributed by atoms with E-state index in [4.69, 9.17) is 9.47 Å². The van der Waals surface area contributed by atoms with Crippen LogP contribution in [0.1, 0.15) is 71.6 Å². The molecule has 2 rings (SSSR count). The molecule has 0 aliphatic carbocycles. The highest BCUT2D eigenvalue weighted by Gasteiger charge is 2.28. The zero-order valence-corrected chi connectivity index (χ0v) is 16.9. The molecule has 8 heteroatoms. The second-order valence-electron chi connectivity index (χ2n) is 6.97. The minimum Gasteiger partial charge on any atom is -0.462 e. The van der Waals surface area contributed by atoms with Crippen molar-refractivity contribution < 1.29 is 28.7 Å². The minimum atomic E-state index is -1.04. The number of amides is 1. The highest BCUT2D eigenvalue weighted by atomic mass is 16.5. The van der Waals surface area contributed by atoms with Gasteiger partial charge in [0.1, 0.15) is 6.54 Å². The number of carbonyl (C=O) groups excluding carboxylic acids is 4. The summed E-state index contributed by atoms with van der Waals surface area (Å²) in [5.41, 5.74) is 1.52. The lowest BCUT2D eigenvalue weighted by molar-refractivity contribution is -0.151. The largest absolute Gasteiger partial charge is 0.462 e. The summed E-state index contributed by atoms with van der Waals surface area (Å²) in [4.78, 5) is 53.4. The number of ketones is 1. The van der Waals surface area contributed by atoms with Gasteiger partial charge < -0.3 is 19.4 Å². The Balaban J connectivity index is 2.04. The molecule has 1 aliphatic rings. The number of aromatic amines is 1. The molecule has 0 unspecified atom stereocenters. The third kappa shape index (κ3) is 4.99. The van der Waals surface area contributed by atoms with E-state index in [-0.39, 0.29) is 24.8 Å². The molecule has 0 aromatic carbocycles. The third-order valence-electron chi connectivity index (χ3n) is 4.83. The van der Waals surface area contributed by atoms with Crippen LogP contribution in [0.15, 0.2) is 0 Å². The molecule has 2 heterocycles. The fourth-order valence-electron chi connectivity index (χ4n) is 3.36. The second-order valence-corrected chi connectivity index (χ2v) is 6.97. The van der Waals surface area contributed by atoms with E-state index >= 15 is 0 Å². The summed E-state index contributed by atoms with van der Waals surface area (Å²) in [5, 5.41) is 0. The van der Waals surface area contributed by atoms with E-state index < -0.39 is 23.8 Å². The van der Waals surface area contributed by atoms with Gasteiger partial charge in [0.2, 0.25) is 11.7 Å². The number of Topliss-reactive ketones (excluding diaryl/α,β-unsaturated/α-hetero) is 1. The van der Waals surface area contributed by atoms with Crippen LogP contribution in [-0.4, -0.2) is 59.3 Å². The maximum absolute atomic E-state index is 12.7. The van der Waals surface area contributed by atoms with E-state index in [2.05, 4.69) is 4.98 Å². The molecular formula is C20H28N2O6. The number of nitrogens with one attached hydrogen (secondary N) is 1. The van der Waals surface area contributed by atoms with E-state index in [1.54, 1.807) is 20.8 Å². The fraction of sp³-hybridized carbons (Fsp3) is 0.600. The molecule has 154 valence electrons. The Hall–Kier alpha value is -2.64. The molecule has 1 aromatic heterocycles. The van der Waals surface area contributed by atoms with Crippen molar-refractivity contribution >= 4 is 23.6 Å². The molecule has 1 aromatic rings. The van der Waals surface area contributed by atoms with E-state index in [1.165, 1.54) is 11.8 Å². The number of hydrogen-bond donors (Lipinski definition) is 1. The molecule has 1 atom stereocenters. The Morgan fingerprint density at radius 2 is 1.89 bits per heavy atom. The fourth-order valence-corrected chi connectivity index (χ4v) is 3.36. The minimum absolute atomic E-state index is 0.0663. The highest BCUT2D eigenvalue weighted by molar-refractivity contribution is 6.04. The van der Waals surface area contributed by atoms with E-state index in [0.717, 1.165) is 19.3 Å². The summed E-state index contributed by atoms with van der Waals surface area (Å²) >= 11 is 0. The van der Waals surface area contributed by atoms with E-state index in [0.29, 0.717) is 29.8 Å². The van der Waals surface area contributed by atoms with Gasteiger partial charge in [0.05, 0.1) is 17.9 Å². The number of likely N-dealkylation sites (tertiary alicyclic amines) is 1. The predicted molar refractivity (Wildman–Crippen MR) is 101 cm³/mol. The average Bonchev–Trinajstić information content (AvgIpc) is 2.78. The molecule has 0 spiro atoms. The quantitative estimate of drug-likeness (QED) is 0.564. The van der Waals surface area contributed by atoms with Crippen LogP contribution in [0.2, 0.25) is 0 Å². The van der Waals surface area contributed by atoms with E-state index in [1.807, 2.05) is 0 Å². The van der Waals surface area contributed by atoms with Gasteiger partial charge in [0, 0.05) is 18.7 Å². The van der Waals surface area contributed by atoms with Crippen LogP contribution in [0.3, 0.4) is 0 Å². The Morgan fingerprint density at radius 1 is 1.18 bits per heavy atom. The number of hydrogen-bond acceptors (Lipinski definition) is 6. The van der Waals surface area contributed by atoms with Crippen LogP contribution in [-0.2, 0) is 19.1 Å². The summed E-state index contributed by atoms with van der Waals surface area (Å²) in [5.74, 6) is -1.63. The second kappa shape index (κ2) is 9.52. The van der Waals surface area contributed by atoms with Crippen molar-refractivity contribution in [1.29, 1.82) is 0 Å². The zero-order chi connectivity index (χ0) is 20.8. The predicted octanol–water partition coefficient (Wildman–Crippen LogP) is 2.33. The molecule has 1 amide bonds. The number of aromatic nitrogens is 1. The summed E-state index contributed by atoms with van der Waals surface area (Å²) < 4.78 is 10.3. The van der Waals surface area contributed by atoms with Crippen LogP contribution < -0.4 is 0 Å². The molecule has 0 radical (unpaired) electrons. The summed E-state index contributed by atoms with van der Waals surface area (Å²) in [7, 11) is 0. The highest BCUT2D eigenvalue weighted by Crippen LogP contribution is 2.21. The smallest absolute Gasteiger partial charge is 0.340 e. The van der Waals surface area contributed by atoms with Gasteiger partial charge >= 0.3 is 11.9 Å². The first-order valence-electron chi connectivity index (χ1n) is 9.64. The lowest BCUT2D eigenvalue weighted by Gasteiger charge is -2.20. The van der Waals surface area contributed by atoms with Crippen molar-refractivity contribution in [2.45, 2.75) is 59.5 Å². The number of aryl methyl sites for hydroxylation is 1. The first-order chi connectivity index (χ1) is 13.3. The molecule has 1 N–H and O–H groups in total. The maximum Gasteiger partial charge on any atom is 0.340 e. The van der Waals surface area contributed by atoms with Gasteiger partial charge in [-0.25, -0.2) is 4.79 Å². The van der Waals surface area contributed by atoms with Crippen molar-refractivity contribution in [1.82, 2.24) is 9.88 Å². The topological polar surface area (TPSA) is 106 Å². The molecule has 28 heavy (non-hydrogen) atoms. The van der Waals surface area contributed by atoms with Gasteiger partial charge in [-0.3, -0.25) is 14.4 Å². The number of esters is 2. The Morgan fingerprint density at radius 3 is 2.57 bits per heavy atom. The Kier molecular flexibility index (Phi) is 7.37. The summed E-state index contributed by atoms with van der Waals surface area (Å²) in [6.07, 6.45) is 2.03. The van der Waals surface area contributed by atoms with Gasteiger partial charge in [0.25, 0.3) is 0 Å². The monoisotopic (exact) mass is 392 g/mol. The number of carbonyl (C=O) groups is 4. The molecular weight excluding hydrogens is 364 g/mol. The van der Waals surface area contributed by atoms with E-state index in [9.17, 15) is 19.2 Å². The molecule has 0 saturated carbocycles. The number of ether oxygens (including phenoxy) is 2. The normalized spacial score (nSPS) is 15.7. The molecule has 1 aliphatic heterocycles. The number of H-pyrrole nitrogens is 1. The first kappa shape index (κ1) is 21.7. The van der Waals surface area contributed by atoms with Gasteiger partial charge in [-0.1, -0.05) is 6.42 Å². The van der Waals surface area contributed by atoms with Crippen LogP contribution in [0.5, 0.6) is 0 Å². The third-order valence-corrected chi connectivity index (χ3v) is 4.83. The summed E-state index contributed by atoms with van der Waals surface area (Å²) in [6.45, 7) is 7.10.